The van der Waals surface area contributed by atoms with Gasteiger partial charge in [-0.3, -0.25) is 4.79 Å². The Morgan fingerprint density at radius 3 is 2.73 bits per heavy atom. The fourth-order valence-corrected chi connectivity index (χ4v) is 4.33. The molecule has 1 fully saturated rings. The smallest absolute Gasteiger partial charge is 0.221 e. The van der Waals surface area contributed by atoms with Gasteiger partial charge >= 0.3 is 0 Å². The molecule has 1 aromatic rings. The Kier molecular flexibility index (Phi) is 8.88. The van der Waals surface area contributed by atoms with Crippen LogP contribution in [0.2, 0.25) is 0 Å². The Bertz CT molecular complexity index is 588. The second-order valence-corrected chi connectivity index (χ2v) is 7.88. The van der Waals surface area contributed by atoms with Crippen LogP contribution in [-0.4, -0.2) is 37.5 Å². The van der Waals surface area contributed by atoms with Crippen molar-refractivity contribution in [2.24, 2.45) is 11.7 Å². The molecule has 0 saturated heterocycles. The van der Waals surface area contributed by atoms with Crippen molar-refractivity contribution in [3.05, 3.63) is 18.2 Å². The van der Waals surface area contributed by atoms with E-state index in [1.54, 1.807) is 11.8 Å². The predicted octanol–water partition coefficient (Wildman–Crippen LogP) is 3.39. The van der Waals surface area contributed by atoms with Gasteiger partial charge in [0.2, 0.25) is 5.91 Å². The number of carbonyl (C=O) groups is 1. The van der Waals surface area contributed by atoms with E-state index in [1.807, 2.05) is 18.2 Å². The molecule has 0 bridgehead atoms. The van der Waals surface area contributed by atoms with E-state index >= 15 is 0 Å². The number of nitrogens with one attached hydrogen (secondary N) is 1. The molecule has 146 valence electrons. The maximum atomic E-state index is 12.2. The lowest BCUT2D eigenvalue weighted by Crippen LogP contribution is -2.44. The average Bonchev–Trinajstić information content (AvgIpc) is 2.87. The van der Waals surface area contributed by atoms with Gasteiger partial charge in [0, 0.05) is 29.5 Å². The lowest BCUT2D eigenvalue weighted by molar-refractivity contribution is -0.121. The van der Waals surface area contributed by atoms with Crippen LogP contribution in [0.5, 0.6) is 11.5 Å². The van der Waals surface area contributed by atoms with Crippen LogP contribution in [0.3, 0.4) is 0 Å². The monoisotopic (exact) mass is 400 g/mol. The molecule has 0 radical (unpaired) electrons. The summed E-state index contributed by atoms with van der Waals surface area (Å²) in [5.74, 6) is 2.94. The van der Waals surface area contributed by atoms with Crippen molar-refractivity contribution in [2.45, 2.75) is 49.5 Å². The molecule has 3 N–H and O–H groups in total. The fraction of sp³-hybridized carbons (Fsp3) is 0.632. The van der Waals surface area contributed by atoms with Gasteiger partial charge in [-0.25, -0.2) is 0 Å². The van der Waals surface area contributed by atoms with Gasteiger partial charge in [0.25, 0.3) is 0 Å². The minimum absolute atomic E-state index is 0. The van der Waals surface area contributed by atoms with Crippen LogP contribution in [0.1, 0.15) is 38.5 Å². The highest BCUT2D eigenvalue weighted by molar-refractivity contribution is 7.99. The first-order valence-corrected chi connectivity index (χ1v) is 10.3. The van der Waals surface area contributed by atoms with Gasteiger partial charge in [-0.05, 0) is 43.5 Å². The third-order valence-corrected chi connectivity index (χ3v) is 5.87. The first-order valence-electron chi connectivity index (χ1n) is 9.28. The molecule has 1 heterocycles. The number of rotatable bonds is 6. The molecule has 1 amide bonds. The van der Waals surface area contributed by atoms with Gasteiger partial charge in [-0.15, -0.1) is 24.2 Å². The van der Waals surface area contributed by atoms with Crippen LogP contribution in [0.25, 0.3) is 0 Å². The summed E-state index contributed by atoms with van der Waals surface area (Å²) in [4.78, 5) is 13.3. The Balaban J connectivity index is 0.00000243. The molecular weight excluding hydrogens is 372 g/mol. The molecule has 1 saturated carbocycles. The van der Waals surface area contributed by atoms with Gasteiger partial charge in [0.05, 0.1) is 13.2 Å². The van der Waals surface area contributed by atoms with Gasteiger partial charge < -0.3 is 20.5 Å². The Hall–Kier alpha value is -1.11. The molecule has 7 heteroatoms. The van der Waals surface area contributed by atoms with Gasteiger partial charge in [0.1, 0.15) is 0 Å². The molecule has 1 aliphatic heterocycles. The molecule has 1 aromatic carbocycles. The number of amides is 1. The van der Waals surface area contributed by atoms with Crippen molar-refractivity contribution < 1.29 is 14.3 Å². The zero-order valence-electron chi connectivity index (χ0n) is 15.1. The van der Waals surface area contributed by atoms with Crippen LogP contribution in [0.4, 0.5) is 0 Å². The maximum absolute atomic E-state index is 12.2. The quantitative estimate of drug-likeness (QED) is 0.716. The third-order valence-electron chi connectivity index (χ3n) is 4.88. The number of hydrogen-bond acceptors (Lipinski definition) is 5. The van der Waals surface area contributed by atoms with Crippen molar-refractivity contribution in [2.75, 3.05) is 25.5 Å². The lowest BCUT2D eigenvalue weighted by Gasteiger charge is -2.31. The first-order chi connectivity index (χ1) is 12.3. The number of fused-ring (bicyclic) bond motifs is 1. The fourth-order valence-electron chi connectivity index (χ4n) is 3.45. The molecule has 3 rings (SSSR count). The van der Waals surface area contributed by atoms with Crippen LogP contribution in [0, 0.1) is 5.92 Å². The summed E-state index contributed by atoms with van der Waals surface area (Å²) in [7, 11) is 0. The van der Waals surface area contributed by atoms with E-state index < -0.39 is 0 Å². The Labute approximate surface area is 166 Å². The topological polar surface area (TPSA) is 73.6 Å². The largest absolute Gasteiger partial charge is 0.490 e. The van der Waals surface area contributed by atoms with Crippen LogP contribution >= 0.6 is 24.2 Å². The summed E-state index contributed by atoms with van der Waals surface area (Å²) in [6.45, 7) is 2.05. The van der Waals surface area contributed by atoms with E-state index in [2.05, 4.69) is 5.32 Å². The lowest BCUT2D eigenvalue weighted by atomic mass is 9.84. The number of halogens is 1. The Morgan fingerprint density at radius 1 is 1.15 bits per heavy atom. The molecule has 26 heavy (non-hydrogen) atoms. The van der Waals surface area contributed by atoms with E-state index in [0.29, 0.717) is 32.1 Å². The predicted molar refractivity (Wildman–Crippen MR) is 108 cm³/mol. The van der Waals surface area contributed by atoms with Crippen LogP contribution in [-0.2, 0) is 4.79 Å². The normalized spacial score (nSPS) is 22.0. The minimum Gasteiger partial charge on any atom is -0.490 e. The van der Waals surface area contributed by atoms with E-state index in [1.165, 1.54) is 12.8 Å². The summed E-state index contributed by atoms with van der Waals surface area (Å²) >= 11 is 1.68. The van der Waals surface area contributed by atoms with E-state index in [4.69, 9.17) is 15.2 Å². The SMILES string of the molecule is Cl.NCC1CCCCC1NC(=O)CCSc1ccc2c(c1)OCCCO2. The second-order valence-electron chi connectivity index (χ2n) is 6.71. The minimum atomic E-state index is 0. The van der Waals surface area contributed by atoms with Gasteiger partial charge in [0.15, 0.2) is 11.5 Å². The summed E-state index contributed by atoms with van der Waals surface area (Å²) in [5, 5.41) is 3.19. The highest BCUT2D eigenvalue weighted by Crippen LogP contribution is 2.34. The number of carbonyl (C=O) groups excluding carboxylic acids is 1. The molecule has 0 spiro atoms. The number of hydrogen-bond donors (Lipinski definition) is 2. The highest BCUT2D eigenvalue weighted by Gasteiger charge is 2.25. The summed E-state index contributed by atoms with van der Waals surface area (Å²) in [5.41, 5.74) is 5.83. The van der Waals surface area contributed by atoms with Crippen molar-refractivity contribution in [1.82, 2.24) is 5.32 Å². The van der Waals surface area contributed by atoms with Crippen molar-refractivity contribution in [3.63, 3.8) is 0 Å². The van der Waals surface area contributed by atoms with Crippen LogP contribution in [0.15, 0.2) is 23.1 Å². The highest BCUT2D eigenvalue weighted by atomic mass is 35.5. The standard InChI is InChI=1S/C19H28N2O3S.ClH/c20-13-14-4-1-2-5-16(14)21-19(22)8-11-25-15-6-7-17-18(12-15)24-10-3-9-23-17;/h6-7,12,14,16H,1-5,8-11,13,20H2,(H,21,22);1H. The summed E-state index contributed by atoms with van der Waals surface area (Å²) in [6, 6.07) is 6.25. The second kappa shape index (κ2) is 10.9. The molecule has 2 unspecified atom stereocenters. The molecule has 5 nitrogen and oxygen atoms in total. The van der Waals surface area contributed by atoms with E-state index in [-0.39, 0.29) is 24.4 Å². The first kappa shape index (κ1) is 21.2. The summed E-state index contributed by atoms with van der Waals surface area (Å²) < 4.78 is 11.4. The Morgan fingerprint density at radius 2 is 1.92 bits per heavy atom. The third kappa shape index (κ3) is 5.96. The number of nitrogens with two attached hydrogens (primary N) is 1. The number of thioether (sulfide) groups is 1. The molecule has 2 aliphatic rings. The zero-order chi connectivity index (χ0) is 17.5. The van der Waals surface area contributed by atoms with Crippen LogP contribution < -0.4 is 20.5 Å². The summed E-state index contributed by atoms with van der Waals surface area (Å²) in [6.07, 6.45) is 6.03. The van der Waals surface area contributed by atoms with Crippen molar-refractivity contribution in [3.8, 4) is 11.5 Å². The van der Waals surface area contributed by atoms with E-state index in [9.17, 15) is 4.79 Å². The number of benzene rings is 1. The van der Waals surface area contributed by atoms with Crippen molar-refractivity contribution in [1.29, 1.82) is 0 Å². The maximum Gasteiger partial charge on any atom is 0.221 e. The van der Waals surface area contributed by atoms with Gasteiger partial charge in [-0.2, -0.15) is 0 Å². The number of ether oxygens (including phenoxy) is 2. The molecule has 0 aromatic heterocycles. The molecular formula is C19H29ClN2O3S. The zero-order valence-corrected chi connectivity index (χ0v) is 16.7. The van der Waals surface area contributed by atoms with Gasteiger partial charge in [-0.1, -0.05) is 12.8 Å². The van der Waals surface area contributed by atoms with Crippen molar-refractivity contribution >= 4 is 30.1 Å². The average molecular weight is 401 g/mol. The molecule has 2 atom stereocenters. The van der Waals surface area contributed by atoms with E-state index in [0.717, 1.165) is 41.4 Å². The molecule has 1 aliphatic carbocycles.